The molecule has 0 aliphatic rings. The van der Waals surface area contributed by atoms with Crippen LogP contribution in [-0.4, -0.2) is 4.57 Å². The summed E-state index contributed by atoms with van der Waals surface area (Å²) in [5.41, 5.74) is -0.345. The number of aromatic nitrogens is 1. The summed E-state index contributed by atoms with van der Waals surface area (Å²) < 4.78 is 67.7. The molecule has 0 saturated heterocycles. The Morgan fingerprint density at radius 2 is 1.52 bits per heavy atom. The summed E-state index contributed by atoms with van der Waals surface area (Å²) in [5.74, 6) is -9.80. The third kappa shape index (κ3) is 3.01. The molecule has 1 heterocycles. The van der Waals surface area contributed by atoms with Gasteiger partial charge in [-0.05, 0) is 18.1 Å². The van der Waals surface area contributed by atoms with Gasteiger partial charge in [0.15, 0.2) is 23.3 Å². The summed E-state index contributed by atoms with van der Waals surface area (Å²) in [6.45, 7) is 2.73. The minimum Gasteiger partial charge on any atom is -0.376 e. The van der Waals surface area contributed by atoms with Crippen molar-refractivity contribution in [2.45, 2.75) is 26.4 Å². The number of hydrogen-bond donors (Lipinski definition) is 1. The second kappa shape index (κ2) is 6.15. The lowest BCUT2D eigenvalue weighted by atomic mass is 10.2. The summed E-state index contributed by atoms with van der Waals surface area (Å²) in [5, 5.41) is 2.25. The van der Waals surface area contributed by atoms with E-state index in [9.17, 15) is 22.0 Å². The molecule has 114 valence electrons. The number of aryl methyl sites for hydroxylation is 1. The molecular weight excluding hydrogens is 291 g/mol. The molecule has 2 aromatic rings. The van der Waals surface area contributed by atoms with Crippen molar-refractivity contribution in [1.82, 2.24) is 4.57 Å². The van der Waals surface area contributed by atoms with Gasteiger partial charge in [0.2, 0.25) is 5.82 Å². The average Bonchev–Trinajstić information content (AvgIpc) is 2.91. The fourth-order valence-corrected chi connectivity index (χ4v) is 1.94. The van der Waals surface area contributed by atoms with Gasteiger partial charge in [-0.25, -0.2) is 22.0 Å². The summed E-state index contributed by atoms with van der Waals surface area (Å²) in [4.78, 5) is 0. The zero-order chi connectivity index (χ0) is 15.6. The maximum atomic E-state index is 13.4. The van der Waals surface area contributed by atoms with E-state index in [2.05, 4.69) is 5.32 Å². The van der Waals surface area contributed by atoms with E-state index in [4.69, 9.17) is 0 Å². The molecule has 0 spiro atoms. The van der Waals surface area contributed by atoms with Crippen molar-refractivity contribution in [2.24, 2.45) is 0 Å². The van der Waals surface area contributed by atoms with Crippen LogP contribution in [0.15, 0.2) is 18.5 Å². The number of nitrogens with one attached hydrogen (secondary N) is 1. The van der Waals surface area contributed by atoms with Gasteiger partial charge in [0, 0.05) is 25.5 Å². The first kappa shape index (κ1) is 15.3. The van der Waals surface area contributed by atoms with E-state index in [1.807, 2.05) is 11.5 Å². The number of benzene rings is 1. The lowest BCUT2D eigenvalue weighted by molar-refractivity contribution is 0.381. The van der Waals surface area contributed by atoms with E-state index in [0.717, 1.165) is 13.0 Å². The van der Waals surface area contributed by atoms with Crippen LogP contribution in [0, 0.1) is 29.1 Å². The Morgan fingerprint density at radius 1 is 0.952 bits per heavy atom. The van der Waals surface area contributed by atoms with Gasteiger partial charge in [0.1, 0.15) is 5.69 Å². The molecule has 0 bridgehead atoms. The third-order valence-electron chi connectivity index (χ3n) is 2.97. The first-order valence-corrected chi connectivity index (χ1v) is 6.35. The molecular formula is C14H13F5N2. The minimum atomic E-state index is -2.16. The summed E-state index contributed by atoms with van der Waals surface area (Å²) in [6.07, 6.45) is 4.43. The first-order valence-electron chi connectivity index (χ1n) is 6.35. The van der Waals surface area contributed by atoms with Crippen LogP contribution in [0.25, 0.3) is 0 Å². The number of hydrogen-bond acceptors (Lipinski definition) is 1. The Bertz CT molecular complexity index is 622. The van der Waals surface area contributed by atoms with E-state index in [1.54, 1.807) is 18.5 Å². The van der Waals surface area contributed by atoms with Crippen molar-refractivity contribution in [2.75, 3.05) is 5.32 Å². The van der Waals surface area contributed by atoms with Crippen LogP contribution in [0.4, 0.5) is 27.6 Å². The number of anilines is 1. The molecule has 0 aliphatic heterocycles. The van der Waals surface area contributed by atoms with Gasteiger partial charge in [-0.3, -0.25) is 0 Å². The fraction of sp³-hybridized carbons (Fsp3) is 0.286. The third-order valence-corrected chi connectivity index (χ3v) is 2.97. The van der Waals surface area contributed by atoms with Gasteiger partial charge >= 0.3 is 0 Å². The molecule has 0 fully saturated rings. The highest BCUT2D eigenvalue weighted by molar-refractivity contribution is 5.48. The Balaban J connectivity index is 2.20. The lowest BCUT2D eigenvalue weighted by Gasteiger charge is -2.10. The van der Waals surface area contributed by atoms with Crippen LogP contribution < -0.4 is 5.32 Å². The maximum Gasteiger partial charge on any atom is 0.200 e. The van der Waals surface area contributed by atoms with Gasteiger partial charge in [-0.2, -0.15) is 0 Å². The van der Waals surface area contributed by atoms with E-state index in [0.29, 0.717) is 5.56 Å². The van der Waals surface area contributed by atoms with Gasteiger partial charge in [0.25, 0.3) is 0 Å². The zero-order valence-corrected chi connectivity index (χ0v) is 11.2. The highest BCUT2D eigenvalue weighted by Crippen LogP contribution is 2.27. The summed E-state index contributed by atoms with van der Waals surface area (Å²) in [7, 11) is 0. The predicted octanol–water partition coefficient (Wildman–Crippen LogP) is 4.21. The van der Waals surface area contributed by atoms with Gasteiger partial charge in [0.05, 0.1) is 0 Å². The Morgan fingerprint density at radius 3 is 2.10 bits per heavy atom. The molecule has 21 heavy (non-hydrogen) atoms. The summed E-state index contributed by atoms with van der Waals surface area (Å²) in [6, 6.07) is 1.70. The van der Waals surface area contributed by atoms with Crippen LogP contribution in [0.3, 0.4) is 0 Å². The van der Waals surface area contributed by atoms with Crippen LogP contribution in [0.1, 0.15) is 18.9 Å². The molecule has 7 heteroatoms. The molecule has 2 nitrogen and oxygen atoms in total. The van der Waals surface area contributed by atoms with Crippen molar-refractivity contribution in [3.63, 3.8) is 0 Å². The molecule has 0 radical (unpaired) electrons. The Hall–Kier alpha value is -2.05. The summed E-state index contributed by atoms with van der Waals surface area (Å²) >= 11 is 0. The lowest BCUT2D eigenvalue weighted by Crippen LogP contribution is -2.09. The average molecular weight is 304 g/mol. The molecule has 0 amide bonds. The molecule has 0 saturated carbocycles. The van der Waals surface area contributed by atoms with E-state index in [-0.39, 0.29) is 6.54 Å². The minimum absolute atomic E-state index is 0.0466. The smallest absolute Gasteiger partial charge is 0.200 e. The van der Waals surface area contributed by atoms with Gasteiger partial charge in [-0.1, -0.05) is 6.92 Å². The maximum absolute atomic E-state index is 13.4. The molecule has 2 rings (SSSR count). The topological polar surface area (TPSA) is 17.0 Å². The van der Waals surface area contributed by atoms with Crippen molar-refractivity contribution in [3.8, 4) is 0 Å². The predicted molar refractivity (Wildman–Crippen MR) is 68.3 cm³/mol. The van der Waals surface area contributed by atoms with Crippen molar-refractivity contribution < 1.29 is 22.0 Å². The quantitative estimate of drug-likeness (QED) is 0.497. The molecule has 0 atom stereocenters. The van der Waals surface area contributed by atoms with Crippen molar-refractivity contribution in [3.05, 3.63) is 53.1 Å². The molecule has 1 aromatic heterocycles. The van der Waals surface area contributed by atoms with Crippen molar-refractivity contribution in [1.29, 1.82) is 0 Å². The van der Waals surface area contributed by atoms with E-state index >= 15 is 0 Å². The fourth-order valence-electron chi connectivity index (χ4n) is 1.94. The van der Waals surface area contributed by atoms with E-state index < -0.39 is 34.8 Å². The first-order chi connectivity index (χ1) is 9.95. The molecule has 0 unspecified atom stereocenters. The SMILES string of the molecule is CCCn1ccc(CNc2c(F)c(F)c(F)c(F)c2F)c1. The van der Waals surface area contributed by atoms with Gasteiger partial charge in [-0.15, -0.1) is 0 Å². The second-order valence-electron chi connectivity index (χ2n) is 4.56. The van der Waals surface area contributed by atoms with Crippen LogP contribution in [0.2, 0.25) is 0 Å². The van der Waals surface area contributed by atoms with Crippen LogP contribution in [-0.2, 0) is 13.1 Å². The normalized spacial score (nSPS) is 11.0. The van der Waals surface area contributed by atoms with E-state index in [1.165, 1.54) is 0 Å². The highest BCUT2D eigenvalue weighted by atomic mass is 19.2. The van der Waals surface area contributed by atoms with Crippen LogP contribution in [0.5, 0.6) is 0 Å². The standard InChI is InChI=1S/C14H13F5N2/c1-2-4-21-5-3-8(7-21)6-20-14-12(18)10(16)9(15)11(17)13(14)19/h3,5,7,20H,2,4,6H2,1H3. The zero-order valence-electron chi connectivity index (χ0n) is 11.2. The number of rotatable bonds is 5. The second-order valence-corrected chi connectivity index (χ2v) is 4.56. The highest BCUT2D eigenvalue weighted by Gasteiger charge is 2.25. The molecule has 0 aliphatic carbocycles. The monoisotopic (exact) mass is 304 g/mol. The van der Waals surface area contributed by atoms with Crippen LogP contribution >= 0.6 is 0 Å². The number of nitrogens with zero attached hydrogens (tertiary/aromatic N) is 1. The Kier molecular flexibility index (Phi) is 4.50. The molecule has 1 N–H and O–H groups in total. The largest absolute Gasteiger partial charge is 0.376 e. The van der Waals surface area contributed by atoms with Crippen molar-refractivity contribution >= 4 is 5.69 Å². The number of halogens is 5. The van der Waals surface area contributed by atoms with Gasteiger partial charge < -0.3 is 9.88 Å². The Labute approximate surface area is 118 Å². The molecule has 1 aromatic carbocycles.